The fraction of sp³-hybridized carbons (Fsp3) is 0.0500. The summed E-state index contributed by atoms with van der Waals surface area (Å²) in [5.41, 5.74) is 1.75. The minimum atomic E-state index is -0.713. The van der Waals surface area contributed by atoms with Gasteiger partial charge in [-0.2, -0.15) is 0 Å². The predicted octanol–water partition coefficient (Wildman–Crippen LogP) is 4.74. The molecule has 0 fully saturated rings. The molecule has 0 aromatic heterocycles. The number of nitrogens with one attached hydrogen (secondary N) is 1. The quantitative estimate of drug-likeness (QED) is 0.733. The van der Waals surface area contributed by atoms with Gasteiger partial charge in [-0.1, -0.05) is 36.4 Å². The topological polar surface area (TPSA) is 32.3 Å². The second kappa shape index (κ2) is 6.02. The molecule has 4 rings (SSSR count). The number of amides is 1. The standard InChI is InChI=1S/C20H14F2N2O/c21-14-7-5-6-13(12-14)19-23-17-10-3-1-8-15(17)20(25)24(19)18-11-4-2-9-16(18)22/h1-12,19,23H/t19-/m1/s1. The summed E-state index contributed by atoms with van der Waals surface area (Å²) in [6.45, 7) is 0. The van der Waals surface area contributed by atoms with Crippen molar-refractivity contribution < 1.29 is 13.6 Å². The van der Waals surface area contributed by atoms with Gasteiger partial charge in [0, 0.05) is 5.69 Å². The van der Waals surface area contributed by atoms with E-state index in [1.165, 1.54) is 29.2 Å². The van der Waals surface area contributed by atoms with E-state index in [0.29, 0.717) is 16.8 Å². The third-order valence-electron chi connectivity index (χ3n) is 4.20. The zero-order chi connectivity index (χ0) is 17.4. The van der Waals surface area contributed by atoms with Gasteiger partial charge < -0.3 is 5.32 Å². The van der Waals surface area contributed by atoms with Crippen LogP contribution in [0.5, 0.6) is 0 Å². The third-order valence-corrected chi connectivity index (χ3v) is 4.20. The van der Waals surface area contributed by atoms with Gasteiger partial charge in [0.25, 0.3) is 5.91 Å². The Morgan fingerprint density at radius 1 is 0.880 bits per heavy atom. The molecule has 3 nitrogen and oxygen atoms in total. The SMILES string of the molecule is O=C1c2ccccc2N[C@@H](c2cccc(F)c2)N1c1ccccc1F. The average molecular weight is 336 g/mol. The van der Waals surface area contributed by atoms with E-state index in [1.54, 1.807) is 48.5 Å². The van der Waals surface area contributed by atoms with Crippen molar-refractivity contribution in [2.24, 2.45) is 0 Å². The Labute approximate surface area is 143 Å². The summed E-state index contributed by atoms with van der Waals surface area (Å²) in [5, 5.41) is 3.22. The summed E-state index contributed by atoms with van der Waals surface area (Å²) in [6.07, 6.45) is -0.713. The maximum atomic E-state index is 14.4. The first-order valence-corrected chi connectivity index (χ1v) is 7.84. The van der Waals surface area contributed by atoms with E-state index in [0.717, 1.165) is 0 Å². The second-order valence-electron chi connectivity index (χ2n) is 5.77. The lowest BCUT2D eigenvalue weighted by Crippen LogP contribution is -2.43. The molecule has 5 heteroatoms. The highest BCUT2D eigenvalue weighted by molar-refractivity contribution is 6.12. The van der Waals surface area contributed by atoms with Crippen LogP contribution in [-0.4, -0.2) is 5.91 Å². The molecule has 1 atom stereocenters. The molecule has 0 spiro atoms. The summed E-state index contributed by atoms with van der Waals surface area (Å²) in [5.74, 6) is -1.27. The number of rotatable bonds is 2. The van der Waals surface area contributed by atoms with Crippen molar-refractivity contribution in [1.29, 1.82) is 0 Å². The number of anilines is 2. The fourth-order valence-corrected chi connectivity index (χ4v) is 3.06. The van der Waals surface area contributed by atoms with Gasteiger partial charge in [0.2, 0.25) is 0 Å². The Morgan fingerprint density at radius 3 is 2.44 bits per heavy atom. The molecule has 1 N–H and O–H groups in total. The third kappa shape index (κ3) is 2.63. The number of carbonyl (C=O) groups is 1. The van der Waals surface area contributed by atoms with Crippen LogP contribution in [-0.2, 0) is 0 Å². The smallest absolute Gasteiger partial charge is 0.262 e. The fourth-order valence-electron chi connectivity index (χ4n) is 3.06. The molecule has 0 bridgehead atoms. The van der Waals surface area contributed by atoms with E-state index < -0.39 is 17.8 Å². The summed E-state index contributed by atoms with van der Waals surface area (Å²) in [4.78, 5) is 14.4. The minimum absolute atomic E-state index is 0.142. The number of fused-ring (bicyclic) bond motifs is 1. The molecule has 1 aliphatic heterocycles. The van der Waals surface area contributed by atoms with Crippen molar-refractivity contribution in [3.8, 4) is 0 Å². The number of hydrogen-bond donors (Lipinski definition) is 1. The van der Waals surface area contributed by atoms with Crippen molar-refractivity contribution in [3.63, 3.8) is 0 Å². The zero-order valence-corrected chi connectivity index (χ0v) is 13.1. The maximum Gasteiger partial charge on any atom is 0.262 e. The first-order chi connectivity index (χ1) is 12.1. The lowest BCUT2D eigenvalue weighted by Gasteiger charge is -2.38. The van der Waals surface area contributed by atoms with Crippen LogP contribution >= 0.6 is 0 Å². The van der Waals surface area contributed by atoms with Crippen LogP contribution in [0.15, 0.2) is 72.8 Å². The first-order valence-electron chi connectivity index (χ1n) is 7.84. The number of nitrogens with zero attached hydrogens (tertiary/aromatic N) is 1. The van der Waals surface area contributed by atoms with Crippen molar-refractivity contribution in [1.82, 2.24) is 0 Å². The van der Waals surface area contributed by atoms with Crippen molar-refractivity contribution in [3.05, 3.63) is 95.6 Å². The Bertz CT molecular complexity index is 958. The highest BCUT2D eigenvalue weighted by atomic mass is 19.1. The molecule has 0 aliphatic carbocycles. The van der Waals surface area contributed by atoms with Gasteiger partial charge in [-0.25, -0.2) is 8.78 Å². The number of para-hydroxylation sites is 2. The van der Waals surface area contributed by atoms with Crippen LogP contribution < -0.4 is 10.2 Å². The van der Waals surface area contributed by atoms with Crippen LogP contribution in [0, 0.1) is 11.6 Å². The van der Waals surface area contributed by atoms with Gasteiger partial charge in [0.1, 0.15) is 17.8 Å². The molecule has 0 saturated heterocycles. The highest BCUT2D eigenvalue weighted by Gasteiger charge is 2.35. The van der Waals surface area contributed by atoms with Crippen LogP contribution in [0.25, 0.3) is 0 Å². The Kier molecular flexibility index (Phi) is 3.69. The molecule has 0 radical (unpaired) electrons. The van der Waals surface area contributed by atoms with E-state index in [-0.39, 0.29) is 11.6 Å². The first kappa shape index (κ1) is 15.3. The van der Waals surface area contributed by atoms with Crippen LogP contribution in [0.2, 0.25) is 0 Å². The Balaban J connectivity index is 1.90. The summed E-state index contributed by atoms with van der Waals surface area (Å²) >= 11 is 0. The van der Waals surface area contributed by atoms with Crippen LogP contribution in [0.4, 0.5) is 20.2 Å². The van der Waals surface area contributed by atoms with E-state index in [2.05, 4.69) is 5.32 Å². The molecular formula is C20H14F2N2O. The van der Waals surface area contributed by atoms with Gasteiger partial charge >= 0.3 is 0 Å². The van der Waals surface area contributed by atoms with Gasteiger partial charge in [-0.05, 0) is 42.0 Å². The molecule has 3 aromatic carbocycles. The molecule has 0 saturated carbocycles. The molecule has 1 heterocycles. The van der Waals surface area contributed by atoms with E-state index in [1.807, 2.05) is 0 Å². The number of carbonyl (C=O) groups excluding carboxylic acids is 1. The van der Waals surface area contributed by atoms with Crippen molar-refractivity contribution >= 4 is 17.3 Å². The monoisotopic (exact) mass is 336 g/mol. The molecule has 1 amide bonds. The summed E-state index contributed by atoms with van der Waals surface area (Å²) < 4.78 is 28.1. The van der Waals surface area contributed by atoms with Crippen molar-refractivity contribution in [2.75, 3.05) is 10.2 Å². The summed E-state index contributed by atoms with van der Waals surface area (Å²) in [6, 6.07) is 19.0. The van der Waals surface area contributed by atoms with Crippen LogP contribution in [0.3, 0.4) is 0 Å². The predicted molar refractivity (Wildman–Crippen MR) is 92.4 cm³/mol. The van der Waals surface area contributed by atoms with Gasteiger partial charge in [-0.15, -0.1) is 0 Å². The second-order valence-corrected chi connectivity index (χ2v) is 5.77. The molecule has 124 valence electrons. The minimum Gasteiger partial charge on any atom is -0.360 e. The molecule has 3 aromatic rings. The van der Waals surface area contributed by atoms with Crippen molar-refractivity contribution in [2.45, 2.75) is 6.17 Å². The van der Waals surface area contributed by atoms with Gasteiger partial charge in [-0.3, -0.25) is 9.69 Å². The number of hydrogen-bond acceptors (Lipinski definition) is 2. The van der Waals surface area contributed by atoms with E-state index >= 15 is 0 Å². The molecule has 1 aliphatic rings. The number of halogens is 2. The molecular weight excluding hydrogens is 322 g/mol. The maximum absolute atomic E-state index is 14.4. The van der Waals surface area contributed by atoms with Gasteiger partial charge in [0.15, 0.2) is 0 Å². The van der Waals surface area contributed by atoms with E-state index in [9.17, 15) is 13.6 Å². The van der Waals surface area contributed by atoms with Crippen LogP contribution in [0.1, 0.15) is 22.1 Å². The Hall–Kier alpha value is -3.21. The lowest BCUT2D eigenvalue weighted by atomic mass is 10.0. The lowest BCUT2D eigenvalue weighted by molar-refractivity contribution is 0.0974. The normalized spacial score (nSPS) is 16.3. The number of benzene rings is 3. The molecule has 0 unspecified atom stereocenters. The van der Waals surface area contributed by atoms with Gasteiger partial charge in [0.05, 0.1) is 11.3 Å². The summed E-state index contributed by atoms with van der Waals surface area (Å²) in [7, 11) is 0. The average Bonchev–Trinajstić information content (AvgIpc) is 2.63. The zero-order valence-electron chi connectivity index (χ0n) is 13.1. The largest absolute Gasteiger partial charge is 0.360 e. The Morgan fingerprint density at radius 2 is 1.64 bits per heavy atom. The highest BCUT2D eigenvalue weighted by Crippen LogP contribution is 2.37. The van der Waals surface area contributed by atoms with E-state index in [4.69, 9.17) is 0 Å². The molecule has 25 heavy (non-hydrogen) atoms.